The normalized spacial score (nSPS) is 14.5. The third kappa shape index (κ3) is 6.06. The average Bonchev–Trinajstić information content (AvgIpc) is 2.40. The molecule has 1 rings (SSSR count). The van der Waals surface area contributed by atoms with Crippen LogP contribution in [0.2, 0.25) is 0 Å². The summed E-state index contributed by atoms with van der Waals surface area (Å²) in [6.07, 6.45) is 1.11. The molecule has 2 unspecified atom stereocenters. The number of nitrogens with one attached hydrogen (secondary N) is 1. The van der Waals surface area contributed by atoms with Crippen LogP contribution >= 0.6 is 0 Å². The SMILES string of the molecule is COCCC(C)C(CNCC(C)C)c1cccc(C)c1. The first-order valence-electron chi connectivity index (χ1n) is 7.80. The summed E-state index contributed by atoms with van der Waals surface area (Å²) < 4.78 is 5.24. The van der Waals surface area contributed by atoms with Crippen molar-refractivity contribution in [2.75, 3.05) is 26.8 Å². The van der Waals surface area contributed by atoms with Gasteiger partial charge in [0.1, 0.15) is 0 Å². The van der Waals surface area contributed by atoms with Gasteiger partial charge < -0.3 is 10.1 Å². The fourth-order valence-corrected chi connectivity index (χ4v) is 2.58. The van der Waals surface area contributed by atoms with E-state index in [0.29, 0.717) is 17.8 Å². The summed E-state index contributed by atoms with van der Waals surface area (Å²) in [5, 5.41) is 3.62. The number of methoxy groups -OCH3 is 1. The van der Waals surface area contributed by atoms with Crippen LogP contribution in [-0.2, 0) is 4.74 Å². The van der Waals surface area contributed by atoms with Crippen LogP contribution in [0.5, 0.6) is 0 Å². The number of hydrogen-bond donors (Lipinski definition) is 1. The van der Waals surface area contributed by atoms with E-state index in [2.05, 4.69) is 57.3 Å². The maximum Gasteiger partial charge on any atom is 0.0465 e. The van der Waals surface area contributed by atoms with Gasteiger partial charge in [0.25, 0.3) is 0 Å². The molecule has 0 fully saturated rings. The Morgan fingerprint density at radius 3 is 2.50 bits per heavy atom. The summed E-state index contributed by atoms with van der Waals surface area (Å²) in [5.41, 5.74) is 2.79. The molecule has 0 amide bonds. The van der Waals surface area contributed by atoms with Gasteiger partial charge in [0, 0.05) is 20.3 Å². The van der Waals surface area contributed by atoms with E-state index in [1.54, 1.807) is 7.11 Å². The topological polar surface area (TPSA) is 21.3 Å². The van der Waals surface area contributed by atoms with E-state index in [1.807, 2.05) is 0 Å². The fraction of sp³-hybridized carbons (Fsp3) is 0.667. The zero-order chi connectivity index (χ0) is 15.0. The van der Waals surface area contributed by atoms with Gasteiger partial charge in [-0.15, -0.1) is 0 Å². The Kier molecular flexibility index (Phi) is 7.86. The van der Waals surface area contributed by atoms with Gasteiger partial charge >= 0.3 is 0 Å². The molecule has 0 spiro atoms. The van der Waals surface area contributed by atoms with E-state index in [9.17, 15) is 0 Å². The molecule has 114 valence electrons. The molecule has 1 N–H and O–H groups in total. The highest BCUT2D eigenvalue weighted by molar-refractivity contribution is 5.26. The molecule has 1 aromatic carbocycles. The second-order valence-corrected chi connectivity index (χ2v) is 6.33. The molecule has 0 aliphatic rings. The summed E-state index contributed by atoms with van der Waals surface area (Å²) >= 11 is 0. The quantitative estimate of drug-likeness (QED) is 0.736. The van der Waals surface area contributed by atoms with Crippen molar-refractivity contribution >= 4 is 0 Å². The number of benzene rings is 1. The largest absolute Gasteiger partial charge is 0.385 e. The number of aryl methyl sites for hydroxylation is 1. The highest BCUT2D eigenvalue weighted by atomic mass is 16.5. The molecule has 0 heterocycles. The molecular formula is C18H31NO. The molecule has 0 aliphatic heterocycles. The van der Waals surface area contributed by atoms with E-state index < -0.39 is 0 Å². The number of ether oxygens (including phenoxy) is 1. The second-order valence-electron chi connectivity index (χ2n) is 6.33. The van der Waals surface area contributed by atoms with Gasteiger partial charge in [0.2, 0.25) is 0 Å². The summed E-state index contributed by atoms with van der Waals surface area (Å²) in [5.74, 6) is 1.88. The van der Waals surface area contributed by atoms with Gasteiger partial charge in [0.05, 0.1) is 0 Å². The Morgan fingerprint density at radius 2 is 1.90 bits per heavy atom. The standard InChI is InChI=1S/C18H31NO/c1-14(2)12-19-13-18(16(4)9-10-20-5)17-8-6-7-15(3)11-17/h6-8,11,14,16,18-19H,9-10,12-13H2,1-5H3. The highest BCUT2D eigenvalue weighted by Crippen LogP contribution is 2.27. The van der Waals surface area contributed by atoms with E-state index in [-0.39, 0.29) is 0 Å². The zero-order valence-electron chi connectivity index (χ0n) is 13.8. The first-order valence-corrected chi connectivity index (χ1v) is 7.80. The summed E-state index contributed by atoms with van der Waals surface area (Å²) in [6, 6.07) is 8.92. The molecule has 2 heteroatoms. The molecule has 0 aliphatic carbocycles. The van der Waals surface area contributed by atoms with Crippen LogP contribution in [0.25, 0.3) is 0 Å². The lowest BCUT2D eigenvalue weighted by molar-refractivity contribution is 0.173. The van der Waals surface area contributed by atoms with Crippen LogP contribution in [0.4, 0.5) is 0 Å². The molecule has 0 radical (unpaired) electrons. The number of rotatable bonds is 9. The molecule has 0 aromatic heterocycles. The molecular weight excluding hydrogens is 246 g/mol. The van der Waals surface area contributed by atoms with E-state index >= 15 is 0 Å². The van der Waals surface area contributed by atoms with Crippen molar-refractivity contribution in [3.8, 4) is 0 Å². The predicted octanol–water partition coefficient (Wildman–Crippen LogP) is 4.00. The van der Waals surface area contributed by atoms with Crippen LogP contribution in [0.1, 0.15) is 44.2 Å². The van der Waals surface area contributed by atoms with E-state index in [1.165, 1.54) is 11.1 Å². The van der Waals surface area contributed by atoms with Gasteiger partial charge in [-0.3, -0.25) is 0 Å². The summed E-state index contributed by atoms with van der Waals surface area (Å²) in [4.78, 5) is 0. The lowest BCUT2D eigenvalue weighted by Crippen LogP contribution is -2.29. The Hall–Kier alpha value is -0.860. The minimum absolute atomic E-state index is 0.559. The van der Waals surface area contributed by atoms with Crippen LogP contribution in [0.3, 0.4) is 0 Å². The Bertz CT molecular complexity index is 375. The van der Waals surface area contributed by atoms with E-state index in [4.69, 9.17) is 4.74 Å². The maximum absolute atomic E-state index is 5.24. The van der Waals surface area contributed by atoms with Crippen molar-refractivity contribution < 1.29 is 4.74 Å². The Balaban J connectivity index is 2.72. The van der Waals surface area contributed by atoms with Crippen molar-refractivity contribution in [1.82, 2.24) is 5.32 Å². The van der Waals surface area contributed by atoms with Gasteiger partial charge in [-0.05, 0) is 43.2 Å². The van der Waals surface area contributed by atoms with Crippen LogP contribution < -0.4 is 5.32 Å². The first-order chi connectivity index (χ1) is 9.54. The Morgan fingerprint density at radius 1 is 1.15 bits per heavy atom. The number of hydrogen-bond acceptors (Lipinski definition) is 2. The molecule has 0 saturated carbocycles. The van der Waals surface area contributed by atoms with E-state index in [0.717, 1.165) is 26.1 Å². The highest BCUT2D eigenvalue weighted by Gasteiger charge is 2.19. The lowest BCUT2D eigenvalue weighted by atomic mass is 9.84. The zero-order valence-corrected chi connectivity index (χ0v) is 13.8. The van der Waals surface area contributed by atoms with Gasteiger partial charge in [-0.1, -0.05) is 50.6 Å². The van der Waals surface area contributed by atoms with Crippen LogP contribution in [-0.4, -0.2) is 26.8 Å². The van der Waals surface area contributed by atoms with Crippen LogP contribution in [0.15, 0.2) is 24.3 Å². The van der Waals surface area contributed by atoms with Crippen molar-refractivity contribution in [2.24, 2.45) is 11.8 Å². The smallest absolute Gasteiger partial charge is 0.0465 e. The summed E-state index contributed by atoms with van der Waals surface area (Å²) in [6.45, 7) is 12.0. The third-order valence-electron chi connectivity index (χ3n) is 3.85. The molecule has 2 atom stereocenters. The second kappa shape index (κ2) is 9.15. The van der Waals surface area contributed by atoms with Crippen LogP contribution in [0, 0.1) is 18.8 Å². The maximum atomic E-state index is 5.24. The molecule has 0 saturated heterocycles. The Labute approximate surface area is 124 Å². The van der Waals surface area contributed by atoms with Crippen molar-refractivity contribution in [3.63, 3.8) is 0 Å². The van der Waals surface area contributed by atoms with Gasteiger partial charge in [-0.25, -0.2) is 0 Å². The lowest BCUT2D eigenvalue weighted by Gasteiger charge is -2.25. The minimum atomic E-state index is 0.559. The first kappa shape index (κ1) is 17.2. The summed E-state index contributed by atoms with van der Waals surface area (Å²) in [7, 11) is 1.78. The molecule has 2 nitrogen and oxygen atoms in total. The predicted molar refractivity (Wildman–Crippen MR) is 87.3 cm³/mol. The third-order valence-corrected chi connectivity index (χ3v) is 3.85. The average molecular weight is 277 g/mol. The van der Waals surface area contributed by atoms with Crippen molar-refractivity contribution in [3.05, 3.63) is 35.4 Å². The molecule has 1 aromatic rings. The minimum Gasteiger partial charge on any atom is -0.385 e. The fourth-order valence-electron chi connectivity index (χ4n) is 2.58. The van der Waals surface area contributed by atoms with Crippen molar-refractivity contribution in [1.29, 1.82) is 0 Å². The monoisotopic (exact) mass is 277 g/mol. The van der Waals surface area contributed by atoms with Crippen molar-refractivity contribution in [2.45, 2.75) is 40.0 Å². The molecule has 0 bridgehead atoms. The van der Waals surface area contributed by atoms with Gasteiger partial charge in [-0.2, -0.15) is 0 Å². The molecule has 20 heavy (non-hydrogen) atoms. The van der Waals surface area contributed by atoms with Gasteiger partial charge in [0.15, 0.2) is 0 Å².